The van der Waals surface area contributed by atoms with Crippen LogP contribution < -0.4 is 0 Å². The third kappa shape index (κ3) is 4.23. The van der Waals surface area contributed by atoms with E-state index in [2.05, 4.69) is 15.3 Å². The molecule has 1 amide bonds. The van der Waals surface area contributed by atoms with Gasteiger partial charge in [0.2, 0.25) is 0 Å². The highest BCUT2D eigenvalue weighted by molar-refractivity contribution is 7.13. The monoisotopic (exact) mass is 381 g/mol. The first-order valence-corrected chi connectivity index (χ1v) is 9.84. The molecule has 1 aliphatic rings. The summed E-state index contributed by atoms with van der Waals surface area (Å²) in [5.74, 6) is -0.138. The number of hydrogen-bond donors (Lipinski definition) is 0. The van der Waals surface area contributed by atoms with Gasteiger partial charge in [0.05, 0.1) is 5.69 Å². The van der Waals surface area contributed by atoms with E-state index in [1.54, 1.807) is 23.5 Å². The molecule has 2 aromatic carbocycles. The number of aromatic nitrogens is 1. The molecule has 0 spiro atoms. The minimum absolute atomic E-state index is 0.0995. The predicted molar refractivity (Wildman–Crippen MR) is 105 cm³/mol. The van der Waals surface area contributed by atoms with E-state index in [0.29, 0.717) is 0 Å². The van der Waals surface area contributed by atoms with Crippen LogP contribution in [0.3, 0.4) is 0 Å². The Balaban J connectivity index is 1.33. The van der Waals surface area contributed by atoms with Crippen molar-refractivity contribution in [2.24, 2.45) is 0 Å². The van der Waals surface area contributed by atoms with Crippen molar-refractivity contribution >= 4 is 17.2 Å². The summed E-state index contributed by atoms with van der Waals surface area (Å²) in [7, 11) is 0. The van der Waals surface area contributed by atoms with Crippen molar-refractivity contribution in [1.82, 2.24) is 14.8 Å². The van der Waals surface area contributed by atoms with Gasteiger partial charge < -0.3 is 4.90 Å². The molecular formula is C21H20FN3OS. The number of hydrogen-bond acceptors (Lipinski definition) is 4. The van der Waals surface area contributed by atoms with Gasteiger partial charge in [-0.15, -0.1) is 11.3 Å². The van der Waals surface area contributed by atoms with Gasteiger partial charge in [-0.2, -0.15) is 0 Å². The molecule has 1 saturated heterocycles. The van der Waals surface area contributed by atoms with Crippen LogP contribution in [0.25, 0.3) is 10.6 Å². The van der Waals surface area contributed by atoms with Crippen molar-refractivity contribution < 1.29 is 9.18 Å². The molecule has 6 heteroatoms. The standard InChI is InChI=1S/C21H20FN3OS/c22-18-8-6-16(7-9-18)20-23-19(15-27-20)14-24-10-12-25(13-11-24)21(26)17-4-2-1-3-5-17/h1-9,15H,10-14H2. The Kier molecular flexibility index (Phi) is 5.27. The molecule has 2 heterocycles. The number of rotatable bonds is 4. The zero-order valence-electron chi connectivity index (χ0n) is 14.8. The summed E-state index contributed by atoms with van der Waals surface area (Å²) in [5.41, 5.74) is 2.70. The summed E-state index contributed by atoms with van der Waals surface area (Å²) in [5, 5.41) is 2.96. The zero-order chi connectivity index (χ0) is 18.6. The highest BCUT2D eigenvalue weighted by atomic mass is 32.1. The maximum Gasteiger partial charge on any atom is 0.253 e. The first-order chi connectivity index (χ1) is 13.2. The van der Waals surface area contributed by atoms with E-state index in [4.69, 9.17) is 0 Å². The number of carbonyl (C=O) groups excluding carboxylic acids is 1. The van der Waals surface area contributed by atoms with E-state index in [9.17, 15) is 9.18 Å². The molecule has 138 valence electrons. The van der Waals surface area contributed by atoms with Gasteiger partial charge in [-0.3, -0.25) is 9.69 Å². The van der Waals surface area contributed by atoms with Crippen LogP contribution in [0, 0.1) is 5.82 Å². The largest absolute Gasteiger partial charge is 0.336 e. The predicted octanol–water partition coefficient (Wildman–Crippen LogP) is 3.91. The molecular weight excluding hydrogens is 361 g/mol. The summed E-state index contributed by atoms with van der Waals surface area (Å²) in [4.78, 5) is 21.4. The molecule has 1 aliphatic heterocycles. The van der Waals surface area contributed by atoms with Crippen LogP contribution >= 0.6 is 11.3 Å². The van der Waals surface area contributed by atoms with E-state index in [1.807, 2.05) is 35.2 Å². The molecule has 0 N–H and O–H groups in total. The van der Waals surface area contributed by atoms with Gasteiger partial charge in [-0.25, -0.2) is 9.37 Å². The normalized spacial score (nSPS) is 15.1. The second-order valence-electron chi connectivity index (χ2n) is 6.59. The van der Waals surface area contributed by atoms with Crippen molar-refractivity contribution in [2.75, 3.05) is 26.2 Å². The minimum atomic E-state index is -0.238. The minimum Gasteiger partial charge on any atom is -0.336 e. The van der Waals surface area contributed by atoms with E-state index in [0.717, 1.165) is 54.6 Å². The molecule has 0 aliphatic carbocycles. The fraction of sp³-hybridized carbons (Fsp3) is 0.238. The van der Waals surface area contributed by atoms with Gasteiger partial charge in [-0.05, 0) is 36.4 Å². The summed E-state index contributed by atoms with van der Waals surface area (Å²) in [6.45, 7) is 3.89. The molecule has 1 fully saturated rings. The topological polar surface area (TPSA) is 36.4 Å². The fourth-order valence-electron chi connectivity index (χ4n) is 3.21. The molecule has 3 aromatic rings. The lowest BCUT2D eigenvalue weighted by Crippen LogP contribution is -2.48. The lowest BCUT2D eigenvalue weighted by molar-refractivity contribution is 0.0627. The summed E-state index contributed by atoms with van der Waals surface area (Å²) in [6.07, 6.45) is 0. The Bertz CT molecular complexity index is 903. The molecule has 0 radical (unpaired) electrons. The van der Waals surface area contributed by atoms with Crippen LogP contribution in [0.4, 0.5) is 4.39 Å². The molecule has 27 heavy (non-hydrogen) atoms. The summed E-state index contributed by atoms with van der Waals surface area (Å²) in [6, 6.07) is 15.9. The van der Waals surface area contributed by atoms with Gasteiger partial charge in [0.1, 0.15) is 10.8 Å². The molecule has 0 atom stereocenters. The van der Waals surface area contributed by atoms with Crippen LogP contribution in [0.15, 0.2) is 60.0 Å². The van der Waals surface area contributed by atoms with E-state index in [-0.39, 0.29) is 11.7 Å². The van der Waals surface area contributed by atoms with Crippen molar-refractivity contribution in [1.29, 1.82) is 0 Å². The number of nitrogens with zero attached hydrogens (tertiary/aromatic N) is 3. The summed E-state index contributed by atoms with van der Waals surface area (Å²) < 4.78 is 13.1. The average Bonchev–Trinajstić information content (AvgIpc) is 3.18. The van der Waals surface area contributed by atoms with E-state index >= 15 is 0 Å². The molecule has 0 bridgehead atoms. The van der Waals surface area contributed by atoms with Gasteiger partial charge in [0, 0.05) is 49.2 Å². The zero-order valence-corrected chi connectivity index (χ0v) is 15.7. The highest BCUT2D eigenvalue weighted by Crippen LogP contribution is 2.24. The number of thiazole rings is 1. The molecule has 4 rings (SSSR count). The lowest BCUT2D eigenvalue weighted by Gasteiger charge is -2.34. The fourth-order valence-corrected chi connectivity index (χ4v) is 4.02. The van der Waals surface area contributed by atoms with Crippen LogP contribution in [0.1, 0.15) is 16.1 Å². The lowest BCUT2D eigenvalue weighted by atomic mass is 10.2. The molecule has 1 aromatic heterocycles. The Morgan fingerprint density at radius 2 is 1.70 bits per heavy atom. The molecule has 0 saturated carbocycles. The second kappa shape index (κ2) is 7.98. The average molecular weight is 381 g/mol. The smallest absolute Gasteiger partial charge is 0.253 e. The summed E-state index contributed by atoms with van der Waals surface area (Å²) >= 11 is 1.58. The van der Waals surface area contributed by atoms with Crippen molar-refractivity contribution in [3.63, 3.8) is 0 Å². The Morgan fingerprint density at radius 1 is 1.00 bits per heavy atom. The van der Waals surface area contributed by atoms with Crippen LogP contribution in [0.5, 0.6) is 0 Å². The highest BCUT2D eigenvalue weighted by Gasteiger charge is 2.22. The Morgan fingerprint density at radius 3 is 2.41 bits per heavy atom. The second-order valence-corrected chi connectivity index (χ2v) is 7.44. The quantitative estimate of drug-likeness (QED) is 0.688. The van der Waals surface area contributed by atoms with Gasteiger partial charge in [0.25, 0.3) is 5.91 Å². The maximum absolute atomic E-state index is 13.1. The van der Waals surface area contributed by atoms with Crippen LogP contribution in [-0.2, 0) is 6.54 Å². The van der Waals surface area contributed by atoms with E-state index < -0.39 is 0 Å². The SMILES string of the molecule is O=C(c1ccccc1)N1CCN(Cc2csc(-c3ccc(F)cc3)n2)CC1. The van der Waals surface area contributed by atoms with Crippen molar-refractivity contribution in [2.45, 2.75) is 6.54 Å². The van der Waals surface area contributed by atoms with Crippen molar-refractivity contribution in [3.05, 3.63) is 77.1 Å². The first-order valence-electron chi connectivity index (χ1n) is 8.96. The Labute approximate surface area is 161 Å². The number of benzene rings is 2. The maximum atomic E-state index is 13.1. The Hall–Kier alpha value is -2.57. The van der Waals surface area contributed by atoms with Crippen molar-refractivity contribution in [3.8, 4) is 10.6 Å². The van der Waals surface area contributed by atoms with Gasteiger partial charge in [-0.1, -0.05) is 18.2 Å². The number of piperazine rings is 1. The number of amides is 1. The first kappa shape index (κ1) is 17.8. The third-order valence-electron chi connectivity index (χ3n) is 4.71. The van der Waals surface area contributed by atoms with Crippen LogP contribution in [0.2, 0.25) is 0 Å². The number of carbonyl (C=O) groups is 1. The van der Waals surface area contributed by atoms with Crippen LogP contribution in [-0.4, -0.2) is 46.9 Å². The molecule has 4 nitrogen and oxygen atoms in total. The number of halogens is 1. The van der Waals surface area contributed by atoms with E-state index in [1.165, 1.54) is 12.1 Å². The third-order valence-corrected chi connectivity index (χ3v) is 5.65. The molecule has 0 unspecified atom stereocenters. The van der Waals surface area contributed by atoms with Gasteiger partial charge in [0.15, 0.2) is 0 Å². The van der Waals surface area contributed by atoms with Gasteiger partial charge >= 0.3 is 0 Å².